The summed E-state index contributed by atoms with van der Waals surface area (Å²) in [5.74, 6) is -18.0. The Morgan fingerprint density at radius 3 is 1.67 bits per heavy atom. The van der Waals surface area contributed by atoms with Crippen molar-refractivity contribution < 1.29 is 118 Å². The van der Waals surface area contributed by atoms with Gasteiger partial charge in [0.05, 0.1) is 59.8 Å². The van der Waals surface area contributed by atoms with Crippen LogP contribution in [0.15, 0.2) is 72.8 Å². The van der Waals surface area contributed by atoms with E-state index in [1.165, 1.54) is 13.8 Å². The highest BCUT2D eigenvalue weighted by molar-refractivity contribution is 6.32. The number of carbonyl (C=O) groups excluding carboxylic acids is 5. The summed E-state index contributed by atoms with van der Waals surface area (Å²) in [4.78, 5) is 66.3. The zero-order chi connectivity index (χ0) is 78.8. The normalized spacial score (nSPS) is 20.4. The molecule has 35 heteroatoms. The fraction of sp³-hybridized carbons (Fsp3) is 0.322. The minimum Gasteiger partial charge on any atom is -0.460 e. The minimum atomic E-state index is -4.92. The number of alkyl halides is 3. The van der Waals surface area contributed by atoms with Gasteiger partial charge in [0.15, 0.2) is 18.0 Å². The molecule has 5 aromatic carbocycles. The quantitative estimate of drug-likeness (QED) is 0.0414. The zero-order valence-corrected chi connectivity index (χ0v) is 52.2. The van der Waals surface area contributed by atoms with Gasteiger partial charge in [-0.2, -0.15) is 13.2 Å². The van der Waals surface area contributed by atoms with Crippen LogP contribution in [0.1, 0.15) is 63.8 Å². The molecule has 94 heavy (non-hydrogen) atoms. The number of benzene rings is 5. The number of likely N-dealkylation sites (N-methyl/N-ethyl adjacent to an activating group) is 2. The highest BCUT2D eigenvalue weighted by Gasteiger charge is 2.57. The summed E-state index contributed by atoms with van der Waals surface area (Å²) in [7, 11) is 0. The highest BCUT2D eigenvalue weighted by atomic mass is 35.5. The molecule has 4 heterocycles. The second kappa shape index (κ2) is 31.0. The van der Waals surface area contributed by atoms with Crippen LogP contribution in [0.25, 0.3) is 0 Å². The van der Waals surface area contributed by atoms with Crippen molar-refractivity contribution in [1.29, 1.82) is 0 Å². The Bertz CT molecular complexity index is 4180. The summed E-state index contributed by atoms with van der Waals surface area (Å²) >= 11 is 27.3. The average molecular weight is 1450 g/mol. The van der Waals surface area contributed by atoms with Crippen LogP contribution >= 0.6 is 58.0 Å². The van der Waals surface area contributed by atoms with E-state index in [4.69, 9.17) is 90.3 Å². The molecule has 0 unspecified atom stereocenters. The van der Waals surface area contributed by atoms with Crippen LogP contribution < -0.4 is 31.1 Å². The predicted molar refractivity (Wildman–Crippen MR) is 320 cm³/mol. The second-order valence-electron chi connectivity index (χ2n) is 21.0. The maximum absolute atomic E-state index is 14.5. The number of aryl methyl sites for hydroxylation is 1. The Hall–Kier alpha value is -7.42. The number of anilines is 5. The molecule has 4 amide bonds. The molecule has 0 bridgehead atoms. The molecule has 6 atom stereocenters. The van der Waals surface area contributed by atoms with Crippen molar-refractivity contribution in [3.63, 3.8) is 0 Å². The topological polar surface area (TPSA) is 226 Å². The standard InChI is InChI=1S/C19H15ClF5N3O4.C15H15ClF2N2O4.C12H13ClF2O2.C7H6ClF2N.C6H4ClF2N/c1-7-3-8(19(23,24)25)4-13(26-7)28-14(15(29)16(30)18(28)32)17(31)27(2)12-5-9(20)10(21)6-11(12)22;1-15(2)23-11-10(19-13(21)12(11)24-15)14(22)20(3)9-4-6(16)7(17)5-8(9)18;1-12(2,3)17-11(16)5-7-4-8(13)10(15)6-9(7)14;1-11-7-2-4(8)5(9)3-6(7)10;7-3-1-6(10)5(9)2-4(3)8/h3-6,14-16,29-30H,1-2H3;4-5,10-12H,1-3H3,(H,19,21);4,6H,5H2,1-3H3;2-3,11H,1H3;1-2H,10H2/t14-,15-,16-;10-,11-,12-;;;/m00.../s1/i2D3;3D3;;1D3;. The van der Waals surface area contributed by atoms with Crippen LogP contribution in [0.2, 0.25) is 25.1 Å². The number of halogens is 18. The first-order valence-electron chi connectivity index (χ1n) is 30.4. The number of aliphatic hydroxyl groups is 2. The number of hydrogen-bond acceptors (Lipinski definition) is 13. The van der Waals surface area contributed by atoms with E-state index in [-0.39, 0.29) is 64.9 Å². The Kier molecular flexibility index (Phi) is 21.1. The Morgan fingerprint density at radius 2 is 1.17 bits per heavy atom. The molecule has 17 nitrogen and oxygen atoms in total. The molecule has 0 radical (unpaired) electrons. The fourth-order valence-corrected chi connectivity index (χ4v) is 9.06. The second-order valence-corrected chi connectivity index (χ2v) is 23.0. The van der Waals surface area contributed by atoms with E-state index >= 15 is 0 Å². The Balaban J connectivity index is 0.000000248. The number of aromatic nitrogens is 1. The van der Waals surface area contributed by atoms with Gasteiger partial charge in [-0.1, -0.05) is 58.0 Å². The SMILES string of the molecule is CC(C)(C)OC(=O)Cc1cc(Cl)c(F)cc1F.Nc1cc(Cl)c(F)cc1F.[2H]C([2H])([2H])N(C(=O)[C@@H]1[C@H](O)[C@H](O)C(=O)N1c1cc(C(F)(F)F)cc(C)n1)c1cc(Cl)c(F)cc1F.[2H]C([2H])([2H])N(C(=O)[C@H]1NC(=O)[C@H]2OC(C)(C)O[C@@H]12)c1cc(Cl)c(F)cc1F.[2H]C([2H])([2H])Nc1cc(Cl)c(F)cc1F. The van der Waals surface area contributed by atoms with Crippen LogP contribution in [-0.2, 0) is 50.8 Å². The molecule has 3 fully saturated rings. The van der Waals surface area contributed by atoms with Gasteiger partial charge in [-0.05, 0) is 84.0 Å². The molecular weight excluding hydrogens is 1390 g/mol. The van der Waals surface area contributed by atoms with Crippen molar-refractivity contribution >= 4 is 116 Å². The number of hydrogen-bond donors (Lipinski definition) is 5. The van der Waals surface area contributed by atoms with Crippen molar-refractivity contribution in [3.8, 4) is 0 Å². The number of amides is 4. The number of carbonyl (C=O) groups is 5. The lowest BCUT2D eigenvalue weighted by atomic mass is 10.1. The number of nitrogens with zero attached hydrogens (tertiary/aromatic N) is 4. The van der Waals surface area contributed by atoms with E-state index in [0.29, 0.717) is 48.5 Å². The van der Waals surface area contributed by atoms with E-state index in [2.05, 4.69) is 10.3 Å². The lowest BCUT2D eigenvalue weighted by Gasteiger charge is -2.29. The molecule has 0 saturated carbocycles. The predicted octanol–water partition coefficient (Wildman–Crippen LogP) is 12.4. The van der Waals surface area contributed by atoms with Gasteiger partial charge < -0.3 is 50.6 Å². The van der Waals surface area contributed by atoms with E-state index in [1.54, 1.807) is 20.8 Å². The van der Waals surface area contributed by atoms with Crippen molar-refractivity contribution in [2.75, 3.05) is 46.7 Å². The summed E-state index contributed by atoms with van der Waals surface area (Å²) in [5.41, 5.74) is 0.560. The van der Waals surface area contributed by atoms with Gasteiger partial charge in [-0.15, -0.1) is 0 Å². The lowest BCUT2D eigenvalue weighted by molar-refractivity contribution is -0.164. The summed E-state index contributed by atoms with van der Waals surface area (Å²) < 4.78 is 254. The van der Waals surface area contributed by atoms with Gasteiger partial charge in [-0.25, -0.2) is 48.9 Å². The van der Waals surface area contributed by atoms with Gasteiger partial charge in [0.1, 0.15) is 93.9 Å². The number of nitrogen functional groups attached to an aromatic ring is 1. The molecule has 510 valence electrons. The van der Waals surface area contributed by atoms with Gasteiger partial charge in [0.25, 0.3) is 23.6 Å². The first-order valence-corrected chi connectivity index (χ1v) is 27.8. The van der Waals surface area contributed by atoms with Gasteiger partial charge in [0.2, 0.25) is 0 Å². The molecule has 6 N–H and O–H groups in total. The average Bonchev–Trinajstić information content (AvgIpc) is 1.64. The third kappa shape index (κ3) is 19.2. The number of nitrogens with one attached hydrogen (secondary N) is 2. The van der Waals surface area contributed by atoms with E-state index in [1.807, 2.05) is 5.32 Å². The Labute approximate surface area is 563 Å². The van der Waals surface area contributed by atoms with Gasteiger partial charge >= 0.3 is 12.1 Å². The molecule has 9 rings (SSSR count). The molecule has 3 saturated heterocycles. The third-order valence-electron chi connectivity index (χ3n) is 12.4. The first kappa shape index (κ1) is 63.9. The smallest absolute Gasteiger partial charge is 0.416 e. The van der Waals surface area contributed by atoms with Crippen LogP contribution in [0.3, 0.4) is 0 Å². The molecule has 0 aliphatic carbocycles. The van der Waals surface area contributed by atoms with Crippen molar-refractivity contribution in [2.24, 2.45) is 0 Å². The van der Waals surface area contributed by atoms with E-state index in [0.717, 1.165) is 25.1 Å². The molecule has 6 aromatic rings. The van der Waals surface area contributed by atoms with Crippen molar-refractivity contribution in [1.82, 2.24) is 10.3 Å². The van der Waals surface area contributed by atoms with Crippen LogP contribution in [-0.4, -0.2) is 114 Å². The first-order chi connectivity index (χ1) is 46.9. The zero-order valence-electron chi connectivity index (χ0n) is 57.4. The monoisotopic (exact) mass is 1450 g/mol. The van der Waals surface area contributed by atoms with Crippen LogP contribution in [0.5, 0.6) is 0 Å². The van der Waals surface area contributed by atoms with E-state index in [9.17, 15) is 91.3 Å². The largest absolute Gasteiger partial charge is 0.460 e. The molecule has 0 spiro atoms. The lowest BCUT2D eigenvalue weighted by Crippen LogP contribution is -2.50. The number of rotatable bonds is 8. The number of nitrogens with two attached hydrogens (primary N) is 1. The summed E-state index contributed by atoms with van der Waals surface area (Å²) in [6.07, 6.45) is -12.1. The van der Waals surface area contributed by atoms with Crippen LogP contribution in [0, 0.1) is 65.1 Å². The Morgan fingerprint density at radius 1 is 0.691 bits per heavy atom. The minimum absolute atomic E-state index is 0.0191. The molecule has 3 aliphatic rings. The van der Waals surface area contributed by atoms with Crippen molar-refractivity contribution in [3.05, 3.63) is 173 Å². The van der Waals surface area contributed by atoms with E-state index < -0.39 is 196 Å². The number of ether oxygens (including phenoxy) is 3. The summed E-state index contributed by atoms with van der Waals surface area (Å²) in [6, 6.07) is 3.75. The number of fused-ring (bicyclic) bond motifs is 1. The van der Waals surface area contributed by atoms with Crippen molar-refractivity contribution in [2.45, 2.75) is 102 Å². The molecule has 3 aliphatic heterocycles. The highest BCUT2D eigenvalue weighted by Crippen LogP contribution is 2.38. The number of esters is 1. The fourth-order valence-electron chi connectivity index (χ4n) is 8.22. The van der Waals surface area contributed by atoms with Gasteiger partial charge in [-0.3, -0.25) is 28.9 Å². The number of aliphatic hydroxyl groups excluding tert-OH is 2. The molecular formula is C59H53Cl5F13N7O10. The van der Waals surface area contributed by atoms with Crippen LogP contribution in [0.4, 0.5) is 85.6 Å². The maximum atomic E-state index is 14.5. The maximum Gasteiger partial charge on any atom is 0.416 e. The van der Waals surface area contributed by atoms with Gasteiger partial charge in [0, 0.05) is 74.9 Å². The summed E-state index contributed by atoms with van der Waals surface area (Å²) in [5, 5.41) is 22.6. The number of pyridine rings is 1. The molecule has 1 aromatic heterocycles. The summed E-state index contributed by atoms with van der Waals surface area (Å²) in [6.45, 7) is 0.115. The third-order valence-corrected chi connectivity index (χ3v) is 13.8.